The van der Waals surface area contributed by atoms with Crippen molar-refractivity contribution in [3.8, 4) is 0 Å². The van der Waals surface area contributed by atoms with E-state index in [4.69, 9.17) is 0 Å². The largest absolute Gasteiger partial charge is 0.274 e. The van der Waals surface area contributed by atoms with E-state index in [1.54, 1.807) is 18.6 Å². The number of anilines is 2. The van der Waals surface area contributed by atoms with Crippen molar-refractivity contribution < 1.29 is 4.79 Å². The fraction of sp³-hybridized carbons (Fsp3) is 0.0833. The maximum absolute atomic E-state index is 11.7. The lowest BCUT2D eigenvalue weighted by Crippen LogP contribution is -2.24. The molecule has 0 atom stereocenters. The summed E-state index contributed by atoms with van der Waals surface area (Å²) in [7, 11) is 0. The minimum atomic E-state index is -0.114. The maximum Gasteiger partial charge on any atom is 0.229 e. The Morgan fingerprint density at radius 2 is 2.06 bits per heavy atom. The van der Waals surface area contributed by atoms with Crippen LogP contribution in [0, 0.1) is 0 Å². The van der Waals surface area contributed by atoms with Crippen LogP contribution in [0.25, 0.3) is 0 Å². The van der Waals surface area contributed by atoms with Crippen LogP contribution in [0.5, 0.6) is 0 Å². The predicted octanol–water partition coefficient (Wildman–Crippen LogP) is 2.92. The van der Waals surface area contributed by atoms with Crippen LogP contribution in [0.15, 0.2) is 47.3 Å². The van der Waals surface area contributed by atoms with E-state index in [9.17, 15) is 4.79 Å². The second kappa shape index (κ2) is 5.05. The van der Waals surface area contributed by atoms with Gasteiger partial charge in [0.2, 0.25) is 5.91 Å². The zero-order valence-corrected chi connectivity index (χ0v) is 10.8. The van der Waals surface area contributed by atoms with Crippen molar-refractivity contribution in [2.45, 2.75) is 6.92 Å². The zero-order chi connectivity index (χ0) is 12.3. The zero-order valence-electron chi connectivity index (χ0n) is 9.17. The third kappa shape index (κ3) is 2.50. The molecule has 0 N–H and O–H groups in total. The van der Waals surface area contributed by atoms with Crippen molar-refractivity contribution in [2.75, 3.05) is 4.90 Å². The van der Waals surface area contributed by atoms with E-state index in [0.717, 1.165) is 10.2 Å². The van der Waals surface area contributed by atoms with Gasteiger partial charge in [-0.1, -0.05) is 12.1 Å². The maximum atomic E-state index is 11.7. The molecular weight excluding hydrogens is 282 g/mol. The Hall–Kier alpha value is -1.75. The van der Waals surface area contributed by atoms with E-state index in [1.165, 1.54) is 11.8 Å². The number of hydrogen-bond acceptors (Lipinski definition) is 3. The molecule has 0 aliphatic carbocycles. The van der Waals surface area contributed by atoms with Gasteiger partial charge in [0, 0.05) is 23.8 Å². The summed E-state index contributed by atoms with van der Waals surface area (Å²) in [6, 6.07) is 7.48. The number of nitrogens with zero attached hydrogens (tertiary/aromatic N) is 3. The number of halogens is 1. The lowest BCUT2D eigenvalue weighted by atomic mass is 10.3. The number of benzene rings is 1. The Labute approximate surface area is 107 Å². The van der Waals surface area contributed by atoms with Crippen molar-refractivity contribution in [3.63, 3.8) is 0 Å². The van der Waals surface area contributed by atoms with Crippen molar-refractivity contribution in [1.82, 2.24) is 9.97 Å². The summed E-state index contributed by atoms with van der Waals surface area (Å²) in [5.74, 6) is 0.393. The van der Waals surface area contributed by atoms with Gasteiger partial charge in [0.25, 0.3) is 0 Å². The number of aromatic nitrogens is 2. The van der Waals surface area contributed by atoms with E-state index in [2.05, 4.69) is 25.9 Å². The summed E-state index contributed by atoms with van der Waals surface area (Å²) in [4.78, 5) is 21.4. The Kier molecular flexibility index (Phi) is 3.49. The first-order valence-electron chi connectivity index (χ1n) is 5.01. The number of para-hydroxylation sites is 1. The molecule has 2 aromatic rings. The van der Waals surface area contributed by atoms with Gasteiger partial charge in [0.1, 0.15) is 0 Å². The normalized spacial score (nSPS) is 10.0. The van der Waals surface area contributed by atoms with E-state index in [1.807, 2.05) is 24.3 Å². The second-order valence-corrected chi connectivity index (χ2v) is 4.22. The predicted molar refractivity (Wildman–Crippen MR) is 69.0 cm³/mol. The minimum Gasteiger partial charge on any atom is -0.274 e. The van der Waals surface area contributed by atoms with Gasteiger partial charge in [-0.15, -0.1) is 0 Å². The molecule has 1 aromatic carbocycles. The number of carbonyl (C=O) groups excluding carboxylic acids is 1. The van der Waals surface area contributed by atoms with Crippen LogP contribution in [-0.4, -0.2) is 15.9 Å². The molecule has 0 radical (unpaired) electrons. The van der Waals surface area contributed by atoms with Crippen LogP contribution >= 0.6 is 15.9 Å². The van der Waals surface area contributed by atoms with Crippen molar-refractivity contribution in [3.05, 3.63) is 47.3 Å². The second-order valence-electron chi connectivity index (χ2n) is 3.37. The van der Waals surface area contributed by atoms with Gasteiger partial charge in [-0.3, -0.25) is 14.7 Å². The molecular formula is C12H10BrN3O. The molecule has 0 aliphatic heterocycles. The fourth-order valence-corrected chi connectivity index (χ4v) is 1.96. The number of hydrogen-bond donors (Lipinski definition) is 0. The van der Waals surface area contributed by atoms with E-state index in [0.29, 0.717) is 5.82 Å². The summed E-state index contributed by atoms with van der Waals surface area (Å²) in [5.41, 5.74) is 0.750. The molecule has 4 nitrogen and oxygen atoms in total. The average Bonchev–Trinajstić information content (AvgIpc) is 2.33. The topological polar surface area (TPSA) is 46.1 Å². The molecule has 2 rings (SSSR count). The first-order valence-corrected chi connectivity index (χ1v) is 5.80. The summed E-state index contributed by atoms with van der Waals surface area (Å²) in [6.45, 7) is 1.49. The van der Waals surface area contributed by atoms with Gasteiger partial charge in [-0.05, 0) is 28.1 Å². The third-order valence-electron chi connectivity index (χ3n) is 2.19. The highest BCUT2D eigenvalue weighted by atomic mass is 79.9. The molecule has 0 saturated carbocycles. The van der Waals surface area contributed by atoms with Crippen LogP contribution in [0.4, 0.5) is 11.5 Å². The monoisotopic (exact) mass is 291 g/mol. The van der Waals surface area contributed by atoms with Crippen LogP contribution < -0.4 is 4.90 Å². The molecule has 0 bridgehead atoms. The molecule has 0 unspecified atom stereocenters. The van der Waals surface area contributed by atoms with E-state index < -0.39 is 0 Å². The molecule has 1 amide bonds. The van der Waals surface area contributed by atoms with Crippen LogP contribution in [-0.2, 0) is 4.79 Å². The molecule has 86 valence electrons. The first kappa shape index (κ1) is 11.7. The minimum absolute atomic E-state index is 0.114. The van der Waals surface area contributed by atoms with Gasteiger partial charge in [0.05, 0.1) is 11.9 Å². The fourth-order valence-electron chi connectivity index (χ4n) is 1.49. The SMILES string of the molecule is CC(=O)N(c1cnccn1)c1ccccc1Br. The Balaban J connectivity index is 2.51. The van der Waals surface area contributed by atoms with Gasteiger partial charge in [0.15, 0.2) is 5.82 Å². The molecule has 1 heterocycles. The summed E-state index contributed by atoms with van der Waals surface area (Å²) in [6.07, 6.45) is 4.69. The summed E-state index contributed by atoms with van der Waals surface area (Å²) in [5, 5.41) is 0. The lowest BCUT2D eigenvalue weighted by molar-refractivity contribution is -0.115. The summed E-state index contributed by atoms with van der Waals surface area (Å²) >= 11 is 3.42. The first-order chi connectivity index (χ1) is 8.20. The lowest BCUT2D eigenvalue weighted by Gasteiger charge is -2.20. The van der Waals surface area contributed by atoms with Crippen LogP contribution in [0.3, 0.4) is 0 Å². The van der Waals surface area contributed by atoms with Gasteiger partial charge >= 0.3 is 0 Å². The summed E-state index contributed by atoms with van der Waals surface area (Å²) < 4.78 is 0.834. The van der Waals surface area contributed by atoms with Gasteiger partial charge in [-0.25, -0.2) is 4.98 Å². The number of amides is 1. The molecule has 0 aliphatic rings. The highest BCUT2D eigenvalue weighted by molar-refractivity contribution is 9.10. The molecule has 5 heteroatoms. The van der Waals surface area contributed by atoms with E-state index >= 15 is 0 Å². The van der Waals surface area contributed by atoms with Crippen molar-refractivity contribution in [2.24, 2.45) is 0 Å². The van der Waals surface area contributed by atoms with Gasteiger partial charge < -0.3 is 0 Å². The highest BCUT2D eigenvalue weighted by Gasteiger charge is 2.17. The van der Waals surface area contributed by atoms with Crippen molar-refractivity contribution in [1.29, 1.82) is 0 Å². The molecule has 1 aromatic heterocycles. The Bertz CT molecular complexity index is 530. The van der Waals surface area contributed by atoms with Crippen LogP contribution in [0.1, 0.15) is 6.92 Å². The van der Waals surface area contributed by atoms with Gasteiger partial charge in [-0.2, -0.15) is 0 Å². The highest BCUT2D eigenvalue weighted by Crippen LogP contribution is 2.30. The smallest absolute Gasteiger partial charge is 0.229 e. The standard InChI is InChI=1S/C12H10BrN3O/c1-9(17)16(12-8-14-6-7-15-12)11-5-3-2-4-10(11)13/h2-8H,1H3. The van der Waals surface area contributed by atoms with E-state index in [-0.39, 0.29) is 5.91 Å². The average molecular weight is 292 g/mol. The number of carbonyl (C=O) groups is 1. The van der Waals surface area contributed by atoms with Crippen LogP contribution in [0.2, 0.25) is 0 Å². The Morgan fingerprint density at radius 1 is 1.29 bits per heavy atom. The third-order valence-corrected chi connectivity index (χ3v) is 2.86. The molecule has 0 spiro atoms. The molecule has 0 saturated heterocycles. The Morgan fingerprint density at radius 3 is 2.65 bits per heavy atom. The quantitative estimate of drug-likeness (QED) is 0.855. The number of rotatable bonds is 2. The molecule has 17 heavy (non-hydrogen) atoms. The van der Waals surface area contributed by atoms with Crippen molar-refractivity contribution >= 4 is 33.3 Å². The molecule has 0 fully saturated rings.